The fraction of sp³-hybridized carbons (Fsp3) is 0.412. The molecule has 6 nitrogen and oxygen atoms in total. The molecule has 1 N–H and O–H groups in total. The Balaban J connectivity index is 1.62. The summed E-state index contributed by atoms with van der Waals surface area (Å²) >= 11 is 1.54. The zero-order valence-electron chi connectivity index (χ0n) is 14.0. The van der Waals surface area contributed by atoms with E-state index in [1.54, 1.807) is 26.2 Å². The summed E-state index contributed by atoms with van der Waals surface area (Å²) in [4.78, 5) is 20.3. The number of thiazole rings is 1. The van der Waals surface area contributed by atoms with Gasteiger partial charge in [0.15, 0.2) is 11.2 Å². The van der Waals surface area contributed by atoms with Gasteiger partial charge in [-0.15, -0.1) is 11.3 Å². The Morgan fingerprint density at radius 1 is 1.42 bits per heavy atom. The minimum absolute atomic E-state index is 0.211. The molecule has 1 aliphatic rings. The monoisotopic (exact) mass is 347 g/mol. The third-order valence-electron chi connectivity index (χ3n) is 3.88. The molecule has 7 heteroatoms. The molecule has 3 rings (SSSR count). The molecule has 128 valence electrons. The van der Waals surface area contributed by atoms with Gasteiger partial charge in [-0.2, -0.15) is 0 Å². The summed E-state index contributed by atoms with van der Waals surface area (Å²) in [6, 6.07) is 7.20. The number of nitrogens with one attached hydrogen (secondary N) is 1. The minimum atomic E-state index is -0.624. The summed E-state index contributed by atoms with van der Waals surface area (Å²) in [6.07, 6.45) is 0.300. The molecule has 1 aliphatic heterocycles. The maximum atomic E-state index is 12.3. The van der Waals surface area contributed by atoms with Gasteiger partial charge in [0, 0.05) is 30.5 Å². The van der Waals surface area contributed by atoms with Crippen LogP contribution in [0.3, 0.4) is 0 Å². The SMILES string of the molecule is COc1cccc(OC(C)C(=O)Nc2nc3c(s2)CN(C)CC3)c1. The van der Waals surface area contributed by atoms with Gasteiger partial charge in [-0.25, -0.2) is 4.98 Å². The number of methoxy groups -OCH3 is 1. The molecule has 1 atom stereocenters. The van der Waals surface area contributed by atoms with Gasteiger partial charge in [0.1, 0.15) is 11.5 Å². The summed E-state index contributed by atoms with van der Waals surface area (Å²) in [5.41, 5.74) is 1.09. The first kappa shape index (κ1) is 16.7. The van der Waals surface area contributed by atoms with Gasteiger partial charge in [-0.1, -0.05) is 6.07 Å². The number of likely N-dealkylation sites (N-methyl/N-ethyl adjacent to an activating group) is 1. The first-order valence-corrected chi connectivity index (χ1v) is 8.65. The molecular weight excluding hydrogens is 326 g/mol. The average molecular weight is 347 g/mol. The van der Waals surface area contributed by atoms with E-state index >= 15 is 0 Å². The van der Waals surface area contributed by atoms with E-state index in [1.807, 2.05) is 12.1 Å². The third kappa shape index (κ3) is 3.85. The Bertz CT molecular complexity index is 732. The number of ether oxygens (including phenoxy) is 2. The van der Waals surface area contributed by atoms with E-state index in [0.29, 0.717) is 16.6 Å². The predicted octanol–water partition coefficient (Wildman–Crippen LogP) is 2.55. The largest absolute Gasteiger partial charge is 0.497 e. The number of benzene rings is 1. The number of carbonyl (C=O) groups excluding carboxylic acids is 1. The van der Waals surface area contributed by atoms with Crippen LogP contribution in [0, 0.1) is 0 Å². The number of fused-ring (bicyclic) bond motifs is 1. The smallest absolute Gasteiger partial charge is 0.266 e. The second-order valence-electron chi connectivity index (χ2n) is 5.80. The molecule has 0 aliphatic carbocycles. The molecule has 0 spiro atoms. The van der Waals surface area contributed by atoms with Crippen LogP contribution in [0.5, 0.6) is 11.5 Å². The molecule has 2 heterocycles. The first-order valence-electron chi connectivity index (χ1n) is 7.84. The van der Waals surface area contributed by atoms with E-state index in [9.17, 15) is 4.79 Å². The average Bonchev–Trinajstić information content (AvgIpc) is 2.96. The Morgan fingerprint density at radius 2 is 2.21 bits per heavy atom. The number of hydrogen-bond acceptors (Lipinski definition) is 6. The predicted molar refractivity (Wildman–Crippen MR) is 93.9 cm³/mol. The zero-order chi connectivity index (χ0) is 17.1. The number of amides is 1. The highest BCUT2D eigenvalue weighted by atomic mass is 32.1. The highest BCUT2D eigenvalue weighted by molar-refractivity contribution is 7.15. The summed E-state index contributed by atoms with van der Waals surface area (Å²) in [5, 5.41) is 3.50. The fourth-order valence-electron chi connectivity index (χ4n) is 2.52. The molecule has 1 amide bonds. The second-order valence-corrected chi connectivity index (χ2v) is 6.89. The van der Waals surface area contributed by atoms with Gasteiger partial charge < -0.3 is 14.4 Å². The van der Waals surface area contributed by atoms with E-state index < -0.39 is 6.10 Å². The second kappa shape index (κ2) is 7.19. The fourth-order valence-corrected chi connectivity index (χ4v) is 3.61. The van der Waals surface area contributed by atoms with Crippen LogP contribution in [-0.4, -0.2) is 42.6 Å². The van der Waals surface area contributed by atoms with E-state index in [4.69, 9.17) is 9.47 Å². The van der Waals surface area contributed by atoms with Crippen molar-refractivity contribution < 1.29 is 14.3 Å². The van der Waals surface area contributed by atoms with Crippen molar-refractivity contribution in [2.75, 3.05) is 26.0 Å². The molecule has 1 unspecified atom stereocenters. The van der Waals surface area contributed by atoms with Gasteiger partial charge >= 0.3 is 0 Å². The number of hydrogen-bond donors (Lipinski definition) is 1. The molecule has 0 bridgehead atoms. The van der Waals surface area contributed by atoms with Crippen molar-refractivity contribution in [3.63, 3.8) is 0 Å². The number of carbonyl (C=O) groups is 1. The number of nitrogens with zero attached hydrogens (tertiary/aromatic N) is 2. The topological polar surface area (TPSA) is 63.7 Å². The summed E-state index contributed by atoms with van der Waals surface area (Å²) in [6.45, 7) is 3.61. The molecule has 0 fully saturated rings. The van der Waals surface area contributed by atoms with Crippen molar-refractivity contribution in [3.8, 4) is 11.5 Å². The van der Waals surface area contributed by atoms with Crippen LogP contribution in [-0.2, 0) is 17.8 Å². The third-order valence-corrected chi connectivity index (χ3v) is 4.87. The van der Waals surface area contributed by atoms with E-state index in [2.05, 4.69) is 22.2 Å². The molecular formula is C17H21N3O3S. The number of anilines is 1. The van der Waals surface area contributed by atoms with Gasteiger partial charge in [0.2, 0.25) is 0 Å². The van der Waals surface area contributed by atoms with Crippen LogP contribution >= 0.6 is 11.3 Å². The zero-order valence-corrected chi connectivity index (χ0v) is 14.9. The van der Waals surface area contributed by atoms with Crippen molar-refractivity contribution in [2.45, 2.75) is 26.0 Å². The Labute approximate surface area is 145 Å². The minimum Gasteiger partial charge on any atom is -0.497 e. The Hall–Kier alpha value is -2.12. The standard InChI is InChI=1S/C17H21N3O3S/c1-11(23-13-6-4-5-12(9-13)22-3)16(21)19-17-18-14-7-8-20(2)10-15(14)24-17/h4-6,9,11H,7-8,10H2,1-3H3,(H,18,19,21). The number of aromatic nitrogens is 1. The molecule has 0 saturated carbocycles. The van der Waals surface area contributed by atoms with Crippen molar-refractivity contribution in [2.24, 2.45) is 0 Å². The lowest BCUT2D eigenvalue weighted by Crippen LogP contribution is -2.30. The lowest BCUT2D eigenvalue weighted by Gasteiger charge is -2.20. The van der Waals surface area contributed by atoms with E-state index in [0.717, 1.165) is 25.2 Å². The van der Waals surface area contributed by atoms with E-state index in [-0.39, 0.29) is 5.91 Å². The highest BCUT2D eigenvalue weighted by Gasteiger charge is 2.21. The Kier molecular flexibility index (Phi) is 5.01. The van der Waals surface area contributed by atoms with E-state index in [1.165, 1.54) is 16.2 Å². The van der Waals surface area contributed by atoms with Crippen LogP contribution in [0.2, 0.25) is 0 Å². The van der Waals surface area contributed by atoms with Crippen molar-refractivity contribution in [1.29, 1.82) is 0 Å². The maximum Gasteiger partial charge on any atom is 0.266 e. The quantitative estimate of drug-likeness (QED) is 0.900. The normalized spacial score (nSPS) is 15.5. The molecule has 24 heavy (non-hydrogen) atoms. The Morgan fingerprint density at radius 3 is 3.00 bits per heavy atom. The van der Waals surface area contributed by atoms with Crippen LogP contribution < -0.4 is 14.8 Å². The van der Waals surface area contributed by atoms with Crippen LogP contribution in [0.4, 0.5) is 5.13 Å². The van der Waals surface area contributed by atoms with Crippen LogP contribution in [0.25, 0.3) is 0 Å². The van der Waals surface area contributed by atoms with Gasteiger partial charge in [0.05, 0.1) is 12.8 Å². The molecule has 2 aromatic rings. The molecule has 1 aromatic carbocycles. The molecule has 0 radical (unpaired) electrons. The maximum absolute atomic E-state index is 12.3. The molecule has 0 saturated heterocycles. The van der Waals surface area contributed by atoms with Crippen molar-refractivity contribution in [3.05, 3.63) is 34.8 Å². The first-order chi connectivity index (χ1) is 11.5. The summed E-state index contributed by atoms with van der Waals surface area (Å²) in [7, 11) is 3.68. The highest BCUT2D eigenvalue weighted by Crippen LogP contribution is 2.28. The van der Waals surface area contributed by atoms with Gasteiger partial charge in [0.25, 0.3) is 5.91 Å². The lowest BCUT2D eigenvalue weighted by molar-refractivity contribution is -0.122. The van der Waals surface area contributed by atoms with Gasteiger partial charge in [-0.3, -0.25) is 10.1 Å². The summed E-state index contributed by atoms with van der Waals surface area (Å²) in [5.74, 6) is 1.08. The number of rotatable bonds is 5. The van der Waals surface area contributed by atoms with Gasteiger partial charge in [-0.05, 0) is 26.1 Å². The van der Waals surface area contributed by atoms with Crippen LogP contribution in [0.15, 0.2) is 24.3 Å². The summed E-state index contributed by atoms with van der Waals surface area (Å²) < 4.78 is 10.8. The molecule has 1 aromatic heterocycles. The van der Waals surface area contributed by atoms with Crippen molar-refractivity contribution >= 4 is 22.4 Å². The van der Waals surface area contributed by atoms with Crippen LogP contribution in [0.1, 0.15) is 17.5 Å². The lowest BCUT2D eigenvalue weighted by atomic mass is 10.2. The van der Waals surface area contributed by atoms with Crippen molar-refractivity contribution in [1.82, 2.24) is 9.88 Å².